The normalized spacial score (nSPS) is 15.3. The molecule has 0 spiro atoms. The second-order valence-electron chi connectivity index (χ2n) is 4.26. The molecule has 1 rings (SSSR count). The first kappa shape index (κ1) is 12.9. The van der Waals surface area contributed by atoms with Gasteiger partial charge in [-0.25, -0.2) is 0 Å². The first-order valence-corrected chi connectivity index (χ1v) is 6.39. The minimum absolute atomic E-state index is 0.254. The van der Waals surface area contributed by atoms with Crippen molar-refractivity contribution in [3.05, 3.63) is 29.3 Å². The van der Waals surface area contributed by atoms with Gasteiger partial charge in [-0.05, 0) is 31.0 Å². The maximum Gasteiger partial charge on any atom is 0.0736 e. The maximum atomic E-state index is 10.1. The van der Waals surface area contributed by atoms with Crippen molar-refractivity contribution < 1.29 is 5.11 Å². The quantitative estimate of drug-likeness (QED) is 0.813. The number of aliphatic hydroxyl groups is 1. The van der Waals surface area contributed by atoms with Crippen LogP contribution in [-0.4, -0.2) is 16.5 Å². The summed E-state index contributed by atoms with van der Waals surface area (Å²) < 4.78 is 0. The van der Waals surface area contributed by atoms with Crippen LogP contribution in [0.15, 0.2) is 29.2 Å². The number of benzene rings is 1. The molecule has 15 heavy (non-hydrogen) atoms. The fourth-order valence-corrected chi connectivity index (χ4v) is 2.39. The minimum Gasteiger partial charge on any atom is -0.389 e. The summed E-state index contributed by atoms with van der Waals surface area (Å²) >= 11 is 7.52. The van der Waals surface area contributed by atoms with Gasteiger partial charge in [0.2, 0.25) is 0 Å². The molecule has 0 aliphatic heterocycles. The summed E-state index contributed by atoms with van der Waals surface area (Å²) in [7, 11) is 0. The number of rotatable bonds is 4. The summed E-state index contributed by atoms with van der Waals surface area (Å²) in [5.41, 5.74) is -0.632. The topological polar surface area (TPSA) is 20.2 Å². The van der Waals surface area contributed by atoms with E-state index in [2.05, 4.69) is 0 Å². The van der Waals surface area contributed by atoms with Crippen LogP contribution in [0.3, 0.4) is 0 Å². The van der Waals surface area contributed by atoms with Crippen LogP contribution in [0.5, 0.6) is 0 Å². The first-order chi connectivity index (χ1) is 6.92. The lowest BCUT2D eigenvalue weighted by molar-refractivity contribution is 0.0376. The molecule has 0 amide bonds. The van der Waals surface area contributed by atoms with E-state index in [1.165, 1.54) is 0 Å². The van der Waals surface area contributed by atoms with E-state index in [9.17, 15) is 5.11 Å². The summed E-state index contributed by atoms with van der Waals surface area (Å²) in [5, 5.41) is 10.8. The molecule has 0 aliphatic carbocycles. The van der Waals surface area contributed by atoms with Gasteiger partial charge in [0.15, 0.2) is 0 Å². The fraction of sp³-hybridized carbons (Fsp3) is 0.500. The Hall–Kier alpha value is -0.180. The highest BCUT2D eigenvalue weighted by Crippen LogP contribution is 2.28. The molecule has 84 valence electrons. The van der Waals surface area contributed by atoms with Crippen molar-refractivity contribution in [2.45, 2.75) is 31.3 Å². The van der Waals surface area contributed by atoms with Gasteiger partial charge in [0, 0.05) is 15.7 Å². The van der Waals surface area contributed by atoms with Gasteiger partial charge in [0.05, 0.1) is 5.60 Å². The minimum atomic E-state index is -0.632. The monoisotopic (exact) mass is 244 g/mol. The second kappa shape index (κ2) is 5.24. The van der Waals surface area contributed by atoms with E-state index in [1.807, 2.05) is 45.0 Å². The molecule has 3 heteroatoms. The third kappa shape index (κ3) is 4.06. The molecular weight excluding hydrogens is 228 g/mol. The molecule has 0 bridgehead atoms. The summed E-state index contributed by atoms with van der Waals surface area (Å²) in [4.78, 5) is 1.10. The number of halogens is 1. The van der Waals surface area contributed by atoms with Crippen molar-refractivity contribution in [1.82, 2.24) is 0 Å². The average molecular weight is 245 g/mol. The Morgan fingerprint density at radius 2 is 2.13 bits per heavy atom. The zero-order chi connectivity index (χ0) is 11.5. The second-order valence-corrected chi connectivity index (χ2v) is 5.74. The van der Waals surface area contributed by atoms with Crippen molar-refractivity contribution >= 4 is 23.4 Å². The molecule has 0 fully saturated rings. The Balaban J connectivity index is 2.57. The fourth-order valence-electron chi connectivity index (χ4n) is 0.953. The van der Waals surface area contributed by atoms with Gasteiger partial charge in [-0.2, -0.15) is 0 Å². The molecule has 1 unspecified atom stereocenters. The van der Waals surface area contributed by atoms with Gasteiger partial charge in [-0.15, -0.1) is 11.8 Å². The molecule has 1 aromatic rings. The van der Waals surface area contributed by atoms with Crippen LogP contribution in [0.4, 0.5) is 0 Å². The zero-order valence-electron chi connectivity index (χ0n) is 9.33. The SMILES string of the molecule is CC(C)C(C)(O)CSc1cccc(Cl)c1. The van der Waals surface area contributed by atoms with E-state index in [-0.39, 0.29) is 5.92 Å². The van der Waals surface area contributed by atoms with Gasteiger partial charge in [-0.1, -0.05) is 31.5 Å². The molecule has 1 aromatic carbocycles. The Kier molecular flexibility index (Phi) is 4.50. The molecule has 0 radical (unpaired) electrons. The lowest BCUT2D eigenvalue weighted by Crippen LogP contribution is -2.33. The molecular formula is C12H17ClOS. The molecule has 0 aromatic heterocycles. The molecule has 0 saturated heterocycles. The van der Waals surface area contributed by atoms with E-state index < -0.39 is 5.60 Å². The third-order valence-electron chi connectivity index (χ3n) is 2.57. The lowest BCUT2D eigenvalue weighted by Gasteiger charge is -2.27. The van der Waals surface area contributed by atoms with Gasteiger partial charge in [0.1, 0.15) is 0 Å². The number of hydrogen-bond acceptors (Lipinski definition) is 2. The first-order valence-electron chi connectivity index (χ1n) is 5.02. The maximum absolute atomic E-state index is 10.1. The predicted molar refractivity (Wildman–Crippen MR) is 67.6 cm³/mol. The van der Waals surface area contributed by atoms with E-state index in [4.69, 9.17) is 11.6 Å². The summed E-state index contributed by atoms with van der Waals surface area (Å²) in [6, 6.07) is 7.70. The van der Waals surface area contributed by atoms with Crippen LogP contribution in [0.1, 0.15) is 20.8 Å². The molecule has 1 atom stereocenters. The summed E-state index contributed by atoms with van der Waals surface area (Å²) in [5.74, 6) is 0.939. The zero-order valence-corrected chi connectivity index (χ0v) is 10.9. The summed E-state index contributed by atoms with van der Waals surface area (Å²) in [6.07, 6.45) is 0. The largest absolute Gasteiger partial charge is 0.389 e. The van der Waals surface area contributed by atoms with Gasteiger partial charge < -0.3 is 5.11 Å². The molecule has 0 aliphatic rings. The van der Waals surface area contributed by atoms with Crippen molar-refractivity contribution in [3.63, 3.8) is 0 Å². The van der Waals surface area contributed by atoms with Crippen molar-refractivity contribution in [3.8, 4) is 0 Å². The van der Waals surface area contributed by atoms with Crippen LogP contribution in [0, 0.1) is 5.92 Å². The number of hydrogen-bond donors (Lipinski definition) is 1. The smallest absolute Gasteiger partial charge is 0.0736 e. The van der Waals surface area contributed by atoms with Crippen LogP contribution < -0.4 is 0 Å². The van der Waals surface area contributed by atoms with E-state index in [0.717, 1.165) is 9.92 Å². The molecule has 1 N–H and O–H groups in total. The summed E-state index contributed by atoms with van der Waals surface area (Å²) in [6.45, 7) is 5.92. The Morgan fingerprint density at radius 1 is 1.47 bits per heavy atom. The van der Waals surface area contributed by atoms with E-state index in [1.54, 1.807) is 11.8 Å². The third-order valence-corrected chi connectivity index (χ3v) is 4.12. The standard InChI is InChI=1S/C12H17ClOS/c1-9(2)12(3,14)8-15-11-6-4-5-10(13)7-11/h4-7,9,14H,8H2,1-3H3. The highest BCUT2D eigenvalue weighted by Gasteiger charge is 2.24. The molecule has 0 saturated carbocycles. The van der Waals surface area contributed by atoms with Crippen LogP contribution in [0.25, 0.3) is 0 Å². The average Bonchev–Trinajstić information content (AvgIpc) is 2.15. The van der Waals surface area contributed by atoms with Crippen LogP contribution >= 0.6 is 23.4 Å². The molecule has 0 heterocycles. The van der Waals surface area contributed by atoms with Crippen molar-refractivity contribution in [2.24, 2.45) is 5.92 Å². The van der Waals surface area contributed by atoms with Gasteiger partial charge in [0.25, 0.3) is 0 Å². The Labute approximate surface area is 101 Å². The van der Waals surface area contributed by atoms with E-state index >= 15 is 0 Å². The number of thioether (sulfide) groups is 1. The Morgan fingerprint density at radius 3 is 2.67 bits per heavy atom. The van der Waals surface area contributed by atoms with Gasteiger partial charge in [-0.3, -0.25) is 0 Å². The van der Waals surface area contributed by atoms with Crippen molar-refractivity contribution in [1.29, 1.82) is 0 Å². The highest BCUT2D eigenvalue weighted by atomic mass is 35.5. The van der Waals surface area contributed by atoms with E-state index in [0.29, 0.717) is 5.75 Å². The van der Waals surface area contributed by atoms with Crippen LogP contribution in [0.2, 0.25) is 5.02 Å². The Bertz CT molecular complexity index is 323. The lowest BCUT2D eigenvalue weighted by atomic mass is 9.95. The van der Waals surface area contributed by atoms with Gasteiger partial charge >= 0.3 is 0 Å². The van der Waals surface area contributed by atoms with Crippen LogP contribution in [-0.2, 0) is 0 Å². The predicted octanol–water partition coefficient (Wildman–Crippen LogP) is 3.84. The molecule has 1 nitrogen and oxygen atoms in total. The van der Waals surface area contributed by atoms with Crippen molar-refractivity contribution in [2.75, 3.05) is 5.75 Å². The highest BCUT2D eigenvalue weighted by molar-refractivity contribution is 7.99.